The number of hydrogen-bond donors (Lipinski definition) is 0. The summed E-state index contributed by atoms with van der Waals surface area (Å²) >= 11 is 0. The topological polar surface area (TPSA) is 116 Å². The average Bonchev–Trinajstić information content (AvgIpc) is 3.45. The van der Waals surface area contributed by atoms with Gasteiger partial charge in [0.1, 0.15) is 5.75 Å². The number of fused-ring (bicyclic) bond motifs is 2. The molecular weight excluding hydrogens is 538 g/mol. The minimum absolute atomic E-state index is 0.0346. The molecule has 0 aliphatic carbocycles. The highest BCUT2D eigenvalue weighted by Crippen LogP contribution is 2.36. The Balaban J connectivity index is 1.71. The summed E-state index contributed by atoms with van der Waals surface area (Å²) in [7, 11) is 0. The molecule has 1 aromatic heterocycles. The van der Waals surface area contributed by atoms with E-state index < -0.39 is 17.4 Å². The normalized spacial score (nSPS) is 12.0. The number of carboxylic acids is 1. The predicted molar refractivity (Wildman–Crippen MR) is 155 cm³/mol. The van der Waals surface area contributed by atoms with Gasteiger partial charge in [-0.05, 0) is 78.9 Å². The van der Waals surface area contributed by atoms with Crippen LogP contribution in [0.25, 0.3) is 10.9 Å². The Morgan fingerprint density at radius 3 is 2.43 bits per heavy atom. The Morgan fingerprint density at radius 2 is 1.74 bits per heavy atom. The van der Waals surface area contributed by atoms with E-state index >= 15 is 0 Å². The molecular formula is C33H32NO8-. The molecule has 0 bridgehead atoms. The van der Waals surface area contributed by atoms with Crippen LogP contribution >= 0.6 is 0 Å². The van der Waals surface area contributed by atoms with E-state index in [2.05, 4.69) is 0 Å². The van der Waals surface area contributed by atoms with Gasteiger partial charge >= 0.3 is 5.97 Å². The number of rotatable bonds is 11. The van der Waals surface area contributed by atoms with E-state index in [-0.39, 0.29) is 37.6 Å². The number of hydrogen-bond acceptors (Lipinski definition) is 8. The Labute approximate surface area is 243 Å². The molecule has 0 atom stereocenters. The molecule has 42 heavy (non-hydrogen) atoms. The Kier molecular flexibility index (Phi) is 8.47. The minimum atomic E-state index is -1.48. The highest BCUT2D eigenvalue weighted by molar-refractivity contribution is 5.92. The van der Waals surface area contributed by atoms with E-state index in [1.165, 1.54) is 0 Å². The molecule has 9 nitrogen and oxygen atoms in total. The van der Waals surface area contributed by atoms with Crippen LogP contribution in [0.4, 0.5) is 0 Å². The van der Waals surface area contributed by atoms with Crippen LogP contribution in [0.3, 0.4) is 0 Å². The zero-order valence-electron chi connectivity index (χ0n) is 23.9. The number of nitrogens with zero attached hydrogens (tertiary/aromatic N) is 1. The summed E-state index contributed by atoms with van der Waals surface area (Å²) in [5.41, 5.74) is 2.51. The summed E-state index contributed by atoms with van der Waals surface area (Å²) in [4.78, 5) is 39.2. The molecule has 0 fully saturated rings. The van der Waals surface area contributed by atoms with E-state index in [1.54, 1.807) is 54.0 Å². The number of carboxylic acid groups (broad SMARTS) is 1. The van der Waals surface area contributed by atoms with Crippen molar-refractivity contribution in [1.82, 2.24) is 4.57 Å². The molecule has 0 spiro atoms. The molecule has 0 unspecified atom stereocenters. The van der Waals surface area contributed by atoms with Crippen LogP contribution in [0.1, 0.15) is 70.3 Å². The molecule has 218 valence electrons. The lowest BCUT2D eigenvalue weighted by Gasteiger charge is -2.23. The van der Waals surface area contributed by atoms with Crippen molar-refractivity contribution in [3.63, 3.8) is 0 Å². The van der Waals surface area contributed by atoms with E-state index in [4.69, 9.17) is 18.9 Å². The molecule has 0 amide bonds. The molecule has 4 aromatic rings. The number of ether oxygens (including phenoxy) is 4. The van der Waals surface area contributed by atoms with E-state index in [0.717, 1.165) is 17.5 Å². The summed E-state index contributed by atoms with van der Waals surface area (Å²) in [5.74, 6) is -0.241. The summed E-state index contributed by atoms with van der Waals surface area (Å²) < 4.78 is 23.7. The van der Waals surface area contributed by atoms with E-state index in [9.17, 15) is 19.5 Å². The molecule has 9 heteroatoms. The molecule has 1 aliphatic heterocycles. The van der Waals surface area contributed by atoms with Crippen LogP contribution in [0.2, 0.25) is 0 Å². The third-order valence-electron chi connectivity index (χ3n) is 7.22. The first-order valence-corrected chi connectivity index (χ1v) is 14.1. The summed E-state index contributed by atoms with van der Waals surface area (Å²) in [5, 5.41) is 13.1. The maximum atomic E-state index is 14.0. The number of pyridine rings is 1. The van der Waals surface area contributed by atoms with Gasteiger partial charge in [0.25, 0.3) is 0 Å². The van der Waals surface area contributed by atoms with E-state index in [1.807, 2.05) is 26.0 Å². The fourth-order valence-corrected chi connectivity index (χ4v) is 5.26. The monoisotopic (exact) mass is 570 g/mol. The maximum Gasteiger partial charge on any atom is 0.338 e. The van der Waals surface area contributed by atoms with Crippen LogP contribution < -0.4 is 24.7 Å². The number of esters is 1. The molecule has 1 aliphatic rings. The third-order valence-corrected chi connectivity index (χ3v) is 7.22. The zero-order chi connectivity index (χ0) is 29.8. The van der Waals surface area contributed by atoms with Crippen LogP contribution in [0.15, 0.2) is 59.4 Å². The Bertz CT molecular complexity index is 1720. The van der Waals surface area contributed by atoms with Crippen molar-refractivity contribution < 1.29 is 33.6 Å². The summed E-state index contributed by atoms with van der Waals surface area (Å²) in [6.45, 7) is 6.65. The predicted octanol–water partition coefficient (Wildman–Crippen LogP) is 4.26. The second-order valence-corrected chi connectivity index (χ2v) is 9.98. The SMILES string of the molecule is CCCOc1ccc2c(c1)c(=O)c(Cc1cccc(C(=O)OCC)c1)c(C(=O)[O-])n2Cc1cc2c(cc1CC)OCO2. The van der Waals surface area contributed by atoms with Crippen LogP contribution in [0, 0.1) is 0 Å². The number of carbonyl (C=O) groups is 2. The largest absolute Gasteiger partial charge is 0.543 e. The smallest absolute Gasteiger partial charge is 0.338 e. The number of carbonyl (C=O) groups excluding carboxylic acids is 2. The number of aromatic nitrogens is 1. The second-order valence-electron chi connectivity index (χ2n) is 9.98. The first-order valence-electron chi connectivity index (χ1n) is 14.1. The van der Waals surface area contributed by atoms with Gasteiger partial charge in [0.2, 0.25) is 6.79 Å². The lowest BCUT2D eigenvalue weighted by Crippen LogP contribution is -2.33. The molecule has 5 rings (SSSR count). The van der Waals surface area contributed by atoms with Gasteiger partial charge in [-0.3, -0.25) is 4.79 Å². The molecule has 0 saturated heterocycles. The Morgan fingerprint density at radius 1 is 0.976 bits per heavy atom. The minimum Gasteiger partial charge on any atom is -0.543 e. The third kappa shape index (κ3) is 5.68. The molecule has 2 heterocycles. The Hall–Kier alpha value is -4.79. The maximum absolute atomic E-state index is 14.0. The van der Waals surface area contributed by atoms with Gasteiger partial charge in [0.05, 0.1) is 36.0 Å². The fourth-order valence-electron chi connectivity index (χ4n) is 5.26. The van der Waals surface area contributed by atoms with Crippen molar-refractivity contribution in [2.24, 2.45) is 0 Å². The molecule has 0 N–H and O–H groups in total. The highest BCUT2D eigenvalue weighted by atomic mass is 16.7. The standard InChI is InChI=1S/C33H33NO8/c1-4-12-40-24-10-11-27-25(17-24)31(35)26(14-20-8-7-9-22(13-20)33(38)39-6-3)30(32(36)37)34(27)18-23-16-29-28(41-19-42-29)15-21(23)5-2/h7-11,13,15-17H,4-6,12,14,18-19H2,1-3H3,(H,36,37)/p-1. The quantitative estimate of drug-likeness (QED) is 0.246. The lowest BCUT2D eigenvalue weighted by atomic mass is 9.97. The molecule has 3 aromatic carbocycles. The van der Waals surface area contributed by atoms with Crippen LogP contribution in [-0.2, 0) is 24.1 Å². The zero-order valence-corrected chi connectivity index (χ0v) is 23.9. The van der Waals surface area contributed by atoms with Gasteiger partial charge in [-0.1, -0.05) is 26.0 Å². The summed E-state index contributed by atoms with van der Waals surface area (Å²) in [6, 6.07) is 15.5. The van der Waals surface area contributed by atoms with Gasteiger partial charge < -0.3 is 33.4 Å². The van der Waals surface area contributed by atoms with Crippen molar-refractivity contribution in [2.75, 3.05) is 20.0 Å². The average molecular weight is 571 g/mol. The van der Waals surface area contributed by atoms with Gasteiger partial charge in [0.15, 0.2) is 16.9 Å². The van der Waals surface area contributed by atoms with Gasteiger partial charge in [-0.25, -0.2) is 4.79 Å². The van der Waals surface area contributed by atoms with Crippen LogP contribution in [-0.4, -0.2) is 36.5 Å². The lowest BCUT2D eigenvalue weighted by molar-refractivity contribution is -0.255. The second kappa shape index (κ2) is 12.4. The van der Waals surface area contributed by atoms with E-state index in [0.29, 0.717) is 52.3 Å². The molecule has 0 saturated carbocycles. The number of aromatic carboxylic acids is 1. The fraction of sp³-hybridized carbons (Fsp3) is 0.303. The highest BCUT2D eigenvalue weighted by Gasteiger charge is 2.22. The van der Waals surface area contributed by atoms with Crippen molar-refractivity contribution in [2.45, 2.75) is 46.6 Å². The first-order chi connectivity index (χ1) is 20.3. The number of benzene rings is 3. The van der Waals surface area contributed by atoms with Gasteiger partial charge in [-0.2, -0.15) is 0 Å². The molecule has 0 radical (unpaired) electrons. The van der Waals surface area contributed by atoms with Crippen molar-refractivity contribution in [3.8, 4) is 17.2 Å². The summed E-state index contributed by atoms with van der Waals surface area (Å²) in [6.07, 6.45) is 1.43. The van der Waals surface area contributed by atoms with Crippen LogP contribution in [0.5, 0.6) is 17.2 Å². The van der Waals surface area contributed by atoms with Gasteiger partial charge in [0, 0.05) is 23.9 Å². The van der Waals surface area contributed by atoms with Crippen molar-refractivity contribution >= 4 is 22.8 Å². The van der Waals surface area contributed by atoms with Crippen molar-refractivity contribution in [1.29, 1.82) is 0 Å². The van der Waals surface area contributed by atoms with Gasteiger partial charge in [-0.15, -0.1) is 0 Å². The van der Waals surface area contributed by atoms with Crippen molar-refractivity contribution in [3.05, 3.63) is 98.3 Å². The number of aryl methyl sites for hydroxylation is 1. The first kappa shape index (κ1) is 28.7.